The predicted octanol–water partition coefficient (Wildman–Crippen LogP) is 0.782. The van der Waals surface area contributed by atoms with Crippen LogP contribution >= 0.6 is 0 Å². The van der Waals surface area contributed by atoms with Crippen LogP contribution in [0.15, 0.2) is 30.3 Å². The smallest absolute Gasteiger partial charge is 0.326 e. The molecule has 1 aromatic rings. The number of para-hydroxylation sites is 1. The largest absolute Gasteiger partial charge is 0.465 e. The van der Waals surface area contributed by atoms with E-state index in [0.29, 0.717) is 5.69 Å². The van der Waals surface area contributed by atoms with Crippen LogP contribution in [0.25, 0.3) is 0 Å². The van der Waals surface area contributed by atoms with Crippen LogP contribution in [0.4, 0.5) is 5.69 Å². The van der Waals surface area contributed by atoms with E-state index in [4.69, 9.17) is 4.74 Å². The number of nitrogens with zero attached hydrogens (tertiary/aromatic N) is 1. The second kappa shape index (κ2) is 5.00. The molecule has 0 spiro atoms. The highest BCUT2D eigenvalue weighted by Gasteiger charge is 2.45. The lowest BCUT2D eigenvalue weighted by atomic mass is 10.1. The van der Waals surface area contributed by atoms with Gasteiger partial charge in [0.15, 0.2) is 11.7 Å². The number of Topliss-reactive ketones (excluding diaryl/α,β-unsaturated/α-hetero) is 1. The molecule has 1 aliphatic heterocycles. The molecule has 18 heavy (non-hydrogen) atoms. The number of esters is 1. The lowest BCUT2D eigenvalue weighted by Gasteiger charge is -2.14. The first-order chi connectivity index (χ1) is 8.65. The van der Waals surface area contributed by atoms with Crippen molar-refractivity contribution in [3.63, 3.8) is 0 Å². The highest BCUT2D eigenvalue weighted by Crippen LogP contribution is 2.23. The zero-order chi connectivity index (χ0) is 13.1. The summed E-state index contributed by atoms with van der Waals surface area (Å²) >= 11 is 0. The van der Waals surface area contributed by atoms with Gasteiger partial charge < -0.3 is 9.64 Å². The maximum absolute atomic E-state index is 12.0. The van der Waals surface area contributed by atoms with Gasteiger partial charge in [0.05, 0.1) is 13.2 Å². The summed E-state index contributed by atoms with van der Waals surface area (Å²) < 4.78 is 4.74. The minimum Gasteiger partial charge on any atom is -0.465 e. The van der Waals surface area contributed by atoms with Crippen LogP contribution in [0.2, 0.25) is 0 Å². The van der Waals surface area contributed by atoms with Gasteiger partial charge in [0.1, 0.15) is 0 Å². The Morgan fingerprint density at radius 1 is 1.33 bits per heavy atom. The minimum atomic E-state index is -1.30. The van der Waals surface area contributed by atoms with Crippen molar-refractivity contribution < 1.29 is 19.1 Å². The van der Waals surface area contributed by atoms with E-state index in [9.17, 15) is 14.4 Å². The van der Waals surface area contributed by atoms with Crippen molar-refractivity contribution in [2.24, 2.45) is 5.92 Å². The fourth-order valence-electron chi connectivity index (χ4n) is 1.90. The number of hydrogen-bond donors (Lipinski definition) is 0. The number of carbonyl (C=O) groups is 3. The summed E-state index contributed by atoms with van der Waals surface area (Å²) in [5.74, 6) is -2.98. The molecule has 0 radical (unpaired) electrons. The van der Waals surface area contributed by atoms with E-state index in [0.717, 1.165) is 0 Å². The normalized spacial score (nSPS) is 19.2. The van der Waals surface area contributed by atoms with Gasteiger partial charge in [0.25, 0.3) is 0 Å². The van der Waals surface area contributed by atoms with Crippen LogP contribution in [0.1, 0.15) is 6.92 Å². The Morgan fingerprint density at radius 3 is 2.61 bits per heavy atom. The Balaban J connectivity index is 2.22. The first kappa shape index (κ1) is 12.3. The van der Waals surface area contributed by atoms with Crippen LogP contribution in [0, 0.1) is 5.92 Å². The molecule has 0 aliphatic carbocycles. The number of carbonyl (C=O) groups excluding carboxylic acids is 3. The minimum absolute atomic E-state index is 0.0771. The number of benzene rings is 1. The molecule has 0 bridgehead atoms. The van der Waals surface area contributed by atoms with E-state index in [1.807, 2.05) is 6.07 Å². The third-order valence-corrected chi connectivity index (χ3v) is 2.74. The number of anilines is 1. The molecule has 1 heterocycles. The van der Waals surface area contributed by atoms with Gasteiger partial charge in [-0.25, -0.2) is 0 Å². The summed E-state index contributed by atoms with van der Waals surface area (Å²) in [7, 11) is 0. The van der Waals surface area contributed by atoms with E-state index in [1.54, 1.807) is 31.2 Å². The van der Waals surface area contributed by atoms with Crippen molar-refractivity contribution in [3.8, 4) is 0 Å². The zero-order valence-corrected chi connectivity index (χ0v) is 9.96. The molecule has 1 aliphatic rings. The van der Waals surface area contributed by atoms with Crippen molar-refractivity contribution in [1.82, 2.24) is 0 Å². The van der Waals surface area contributed by atoms with Crippen molar-refractivity contribution in [2.75, 3.05) is 18.1 Å². The van der Waals surface area contributed by atoms with Crippen LogP contribution in [-0.4, -0.2) is 30.8 Å². The molecule has 1 amide bonds. The van der Waals surface area contributed by atoms with E-state index in [2.05, 4.69) is 0 Å². The summed E-state index contributed by atoms with van der Waals surface area (Å²) in [6, 6.07) is 8.79. The summed E-state index contributed by atoms with van der Waals surface area (Å²) in [4.78, 5) is 36.6. The van der Waals surface area contributed by atoms with Gasteiger partial charge >= 0.3 is 5.97 Å². The standard InChI is InChI=1S/C13H13NO4/c1-2-18-13(17)11-10(15)8-14(12(11)16)9-6-4-3-5-7-9/h3-7,11H,2,8H2,1H3/t11-/m1/s1. The lowest BCUT2D eigenvalue weighted by Crippen LogP contribution is -2.32. The van der Waals surface area contributed by atoms with Gasteiger partial charge in [-0.15, -0.1) is 0 Å². The molecule has 1 atom stereocenters. The van der Waals surface area contributed by atoms with E-state index in [-0.39, 0.29) is 13.2 Å². The highest BCUT2D eigenvalue weighted by atomic mass is 16.5. The Bertz CT molecular complexity index is 483. The quantitative estimate of drug-likeness (QED) is 0.585. The number of rotatable bonds is 3. The molecule has 2 rings (SSSR count). The highest BCUT2D eigenvalue weighted by molar-refractivity contribution is 6.27. The van der Waals surface area contributed by atoms with Gasteiger partial charge in [-0.3, -0.25) is 14.4 Å². The molecule has 5 nitrogen and oxygen atoms in total. The molecule has 0 saturated carbocycles. The zero-order valence-electron chi connectivity index (χ0n) is 9.96. The molecule has 0 aromatic heterocycles. The number of hydrogen-bond acceptors (Lipinski definition) is 4. The Kier molecular flexibility index (Phi) is 3.41. The van der Waals surface area contributed by atoms with Gasteiger partial charge in [0.2, 0.25) is 5.91 Å². The molecule has 5 heteroatoms. The average molecular weight is 247 g/mol. The third-order valence-electron chi connectivity index (χ3n) is 2.74. The van der Waals surface area contributed by atoms with Crippen molar-refractivity contribution in [3.05, 3.63) is 30.3 Å². The average Bonchev–Trinajstić information content (AvgIpc) is 2.66. The van der Waals surface area contributed by atoms with Crippen LogP contribution in [0.3, 0.4) is 0 Å². The van der Waals surface area contributed by atoms with Gasteiger partial charge in [0, 0.05) is 5.69 Å². The van der Waals surface area contributed by atoms with Crippen molar-refractivity contribution >= 4 is 23.3 Å². The second-order valence-electron chi connectivity index (χ2n) is 3.91. The first-order valence-electron chi connectivity index (χ1n) is 5.71. The fraction of sp³-hybridized carbons (Fsp3) is 0.308. The van der Waals surface area contributed by atoms with Crippen molar-refractivity contribution in [1.29, 1.82) is 0 Å². The SMILES string of the molecule is CCOC(=O)[C@@H]1C(=O)CN(c2ccccc2)C1=O. The molecule has 94 valence electrons. The molecule has 0 unspecified atom stereocenters. The predicted molar refractivity (Wildman–Crippen MR) is 63.9 cm³/mol. The van der Waals surface area contributed by atoms with E-state index in [1.165, 1.54) is 4.90 Å². The summed E-state index contributed by atoms with van der Waals surface area (Å²) in [6.45, 7) is 1.71. The number of ketones is 1. The van der Waals surface area contributed by atoms with Crippen LogP contribution in [0.5, 0.6) is 0 Å². The molecular formula is C13H13NO4. The Morgan fingerprint density at radius 2 is 2.00 bits per heavy atom. The molecule has 1 fully saturated rings. The van der Waals surface area contributed by atoms with Crippen LogP contribution < -0.4 is 4.90 Å². The van der Waals surface area contributed by atoms with Crippen LogP contribution in [-0.2, 0) is 19.1 Å². The molecular weight excluding hydrogens is 234 g/mol. The third kappa shape index (κ3) is 2.11. The fourth-order valence-corrected chi connectivity index (χ4v) is 1.90. The number of ether oxygens (including phenoxy) is 1. The van der Waals surface area contributed by atoms with E-state index >= 15 is 0 Å². The first-order valence-corrected chi connectivity index (χ1v) is 5.71. The number of amides is 1. The molecule has 0 N–H and O–H groups in total. The maximum Gasteiger partial charge on any atom is 0.326 e. The lowest BCUT2D eigenvalue weighted by molar-refractivity contribution is -0.152. The van der Waals surface area contributed by atoms with Gasteiger partial charge in [-0.05, 0) is 19.1 Å². The molecule has 1 saturated heterocycles. The summed E-state index contributed by atoms with van der Waals surface area (Å²) in [6.07, 6.45) is 0. The summed E-state index contributed by atoms with van der Waals surface area (Å²) in [5, 5.41) is 0. The summed E-state index contributed by atoms with van der Waals surface area (Å²) in [5.41, 5.74) is 0.614. The monoisotopic (exact) mass is 247 g/mol. The molecule has 1 aromatic carbocycles. The Labute approximate surface area is 104 Å². The van der Waals surface area contributed by atoms with Gasteiger partial charge in [-0.1, -0.05) is 18.2 Å². The Hall–Kier alpha value is -2.17. The van der Waals surface area contributed by atoms with E-state index < -0.39 is 23.6 Å². The van der Waals surface area contributed by atoms with Crippen molar-refractivity contribution in [2.45, 2.75) is 6.92 Å². The van der Waals surface area contributed by atoms with Gasteiger partial charge in [-0.2, -0.15) is 0 Å². The topological polar surface area (TPSA) is 63.7 Å². The maximum atomic E-state index is 12.0. The second-order valence-corrected chi connectivity index (χ2v) is 3.91.